The molecule has 0 radical (unpaired) electrons. The van der Waals surface area contributed by atoms with E-state index in [1.54, 1.807) is 13.3 Å². The molecule has 6 nitrogen and oxygen atoms in total. The zero-order valence-corrected chi connectivity index (χ0v) is 16.2. The number of imidazole rings is 1. The van der Waals surface area contributed by atoms with E-state index in [-0.39, 0.29) is 5.75 Å². The van der Waals surface area contributed by atoms with Crippen molar-refractivity contribution in [1.82, 2.24) is 19.5 Å². The summed E-state index contributed by atoms with van der Waals surface area (Å²) in [6.45, 7) is 3.88. The lowest BCUT2D eigenvalue weighted by atomic mass is 10.1. The van der Waals surface area contributed by atoms with Crippen LogP contribution in [0.3, 0.4) is 0 Å². The van der Waals surface area contributed by atoms with Crippen LogP contribution in [0, 0.1) is 13.8 Å². The van der Waals surface area contributed by atoms with Crippen LogP contribution in [0.25, 0.3) is 16.7 Å². The summed E-state index contributed by atoms with van der Waals surface area (Å²) in [4.78, 5) is 12.1. The number of benzene rings is 1. The molecule has 0 saturated carbocycles. The molecule has 4 rings (SSSR count). The zero-order chi connectivity index (χ0) is 19.0. The molecule has 138 valence electrons. The average molecular weight is 380 g/mol. The summed E-state index contributed by atoms with van der Waals surface area (Å²) in [5.41, 5.74) is 5.30. The maximum atomic E-state index is 12.9. The molecule has 0 aliphatic carbocycles. The fourth-order valence-electron chi connectivity index (χ4n) is 3.16. The van der Waals surface area contributed by atoms with Crippen molar-refractivity contribution in [2.24, 2.45) is 0 Å². The smallest absolute Gasteiger partial charge is 0.197 e. The number of hydrogen-bond donors (Lipinski definition) is 1. The first kappa shape index (κ1) is 17.5. The first-order valence-corrected chi connectivity index (χ1v) is 9.89. The minimum atomic E-state index is -1.33. The van der Waals surface area contributed by atoms with Gasteiger partial charge in [0.25, 0.3) is 0 Å². The van der Waals surface area contributed by atoms with Gasteiger partial charge in [-0.25, -0.2) is 4.98 Å². The Balaban J connectivity index is 1.63. The lowest BCUT2D eigenvalue weighted by Gasteiger charge is -2.11. The molecule has 0 saturated heterocycles. The van der Waals surface area contributed by atoms with Crippen LogP contribution in [-0.2, 0) is 16.6 Å². The Bertz CT molecular complexity index is 1130. The predicted molar refractivity (Wildman–Crippen MR) is 106 cm³/mol. The van der Waals surface area contributed by atoms with E-state index < -0.39 is 10.8 Å². The van der Waals surface area contributed by atoms with Crippen LogP contribution in [0.5, 0.6) is 5.75 Å². The first-order valence-electron chi connectivity index (χ1n) is 8.57. The molecule has 0 aliphatic rings. The molecule has 0 spiro atoms. The number of aromatic nitrogens is 4. The number of rotatable bonds is 5. The highest BCUT2D eigenvalue weighted by molar-refractivity contribution is 7.84. The van der Waals surface area contributed by atoms with Gasteiger partial charge in [0.2, 0.25) is 0 Å². The molecular formula is C20H20N4O2S. The highest BCUT2D eigenvalue weighted by Crippen LogP contribution is 2.26. The number of aryl methyl sites for hydroxylation is 1. The Morgan fingerprint density at radius 3 is 2.74 bits per heavy atom. The van der Waals surface area contributed by atoms with Crippen LogP contribution in [0.15, 0.2) is 54.1 Å². The van der Waals surface area contributed by atoms with Crippen LogP contribution in [0.2, 0.25) is 0 Å². The molecule has 0 amide bonds. The number of aromatic amines is 1. The molecule has 1 aromatic carbocycles. The van der Waals surface area contributed by atoms with E-state index in [4.69, 9.17) is 4.74 Å². The molecule has 0 aliphatic heterocycles. The van der Waals surface area contributed by atoms with Gasteiger partial charge in [-0.3, -0.25) is 9.19 Å². The summed E-state index contributed by atoms with van der Waals surface area (Å²) in [6, 6.07) is 9.87. The predicted octanol–water partition coefficient (Wildman–Crippen LogP) is 3.68. The first-order chi connectivity index (χ1) is 13.1. The SMILES string of the molecule is COc1c(C)cnc(CS(=O)c2nc3ccc(-n4cccc4)cc3[nH]2)c1C. The third kappa shape index (κ3) is 3.26. The number of H-pyrrole nitrogens is 1. The van der Waals surface area contributed by atoms with E-state index in [2.05, 4.69) is 15.0 Å². The van der Waals surface area contributed by atoms with E-state index in [1.165, 1.54) is 0 Å². The fourth-order valence-corrected chi connectivity index (χ4v) is 4.26. The van der Waals surface area contributed by atoms with E-state index in [1.807, 2.05) is 61.1 Å². The van der Waals surface area contributed by atoms with Gasteiger partial charge in [-0.1, -0.05) is 0 Å². The fraction of sp³-hybridized carbons (Fsp3) is 0.200. The Hall–Kier alpha value is -2.93. The third-order valence-electron chi connectivity index (χ3n) is 4.58. The lowest BCUT2D eigenvalue weighted by molar-refractivity contribution is 0.407. The van der Waals surface area contributed by atoms with Crippen molar-refractivity contribution in [3.8, 4) is 11.4 Å². The van der Waals surface area contributed by atoms with Crippen molar-refractivity contribution in [2.45, 2.75) is 24.8 Å². The molecule has 1 atom stereocenters. The van der Waals surface area contributed by atoms with Gasteiger partial charge in [0.15, 0.2) is 5.16 Å². The number of nitrogens with zero attached hydrogens (tertiary/aromatic N) is 3. The minimum Gasteiger partial charge on any atom is -0.496 e. The number of ether oxygens (including phenoxy) is 1. The van der Waals surface area contributed by atoms with Gasteiger partial charge < -0.3 is 14.3 Å². The van der Waals surface area contributed by atoms with E-state index in [0.29, 0.717) is 5.16 Å². The van der Waals surface area contributed by atoms with Crippen LogP contribution in [-0.4, -0.2) is 30.8 Å². The maximum Gasteiger partial charge on any atom is 0.197 e. The summed E-state index contributed by atoms with van der Waals surface area (Å²) in [5.74, 6) is 1.07. The number of methoxy groups -OCH3 is 1. The van der Waals surface area contributed by atoms with Gasteiger partial charge in [-0.15, -0.1) is 0 Å². The zero-order valence-electron chi connectivity index (χ0n) is 15.4. The van der Waals surface area contributed by atoms with Crippen molar-refractivity contribution < 1.29 is 8.95 Å². The molecule has 1 unspecified atom stereocenters. The quantitative estimate of drug-likeness (QED) is 0.573. The van der Waals surface area contributed by atoms with Gasteiger partial charge in [0.05, 0.1) is 40.4 Å². The number of pyridine rings is 1. The highest BCUT2D eigenvalue weighted by Gasteiger charge is 2.16. The maximum absolute atomic E-state index is 12.9. The minimum absolute atomic E-state index is 0.284. The number of nitrogens with one attached hydrogen (secondary N) is 1. The summed E-state index contributed by atoms with van der Waals surface area (Å²) < 4.78 is 20.3. The molecule has 0 bridgehead atoms. The average Bonchev–Trinajstić information content (AvgIpc) is 3.33. The second kappa shape index (κ2) is 7.00. The molecule has 0 fully saturated rings. The Kier molecular flexibility index (Phi) is 4.53. The molecule has 27 heavy (non-hydrogen) atoms. The third-order valence-corrected chi connectivity index (χ3v) is 5.74. The van der Waals surface area contributed by atoms with Crippen molar-refractivity contribution in [1.29, 1.82) is 0 Å². The Morgan fingerprint density at radius 1 is 1.22 bits per heavy atom. The van der Waals surface area contributed by atoms with Gasteiger partial charge in [-0.05, 0) is 44.2 Å². The van der Waals surface area contributed by atoms with Gasteiger partial charge in [0, 0.05) is 35.4 Å². The second-order valence-electron chi connectivity index (χ2n) is 6.37. The second-order valence-corrected chi connectivity index (χ2v) is 7.74. The van der Waals surface area contributed by atoms with E-state index in [9.17, 15) is 4.21 Å². The Labute approximate surface area is 159 Å². The van der Waals surface area contributed by atoms with Crippen LogP contribution < -0.4 is 4.74 Å². The normalized spacial score (nSPS) is 12.4. The molecule has 1 N–H and O–H groups in total. The van der Waals surface area contributed by atoms with Crippen LogP contribution >= 0.6 is 0 Å². The Morgan fingerprint density at radius 2 is 2.00 bits per heavy atom. The largest absolute Gasteiger partial charge is 0.496 e. The number of hydrogen-bond acceptors (Lipinski definition) is 4. The van der Waals surface area contributed by atoms with Gasteiger partial charge >= 0.3 is 0 Å². The summed E-state index contributed by atoms with van der Waals surface area (Å²) in [5, 5.41) is 0.454. The summed E-state index contributed by atoms with van der Waals surface area (Å²) >= 11 is 0. The summed E-state index contributed by atoms with van der Waals surface area (Å²) in [7, 11) is 0.308. The van der Waals surface area contributed by atoms with Crippen molar-refractivity contribution in [3.63, 3.8) is 0 Å². The standard InChI is InChI=1S/C20H20N4O2S/c1-13-11-21-18(14(2)19(13)26-3)12-27(25)20-22-16-7-6-15(10-17(16)23-20)24-8-4-5-9-24/h4-11H,12H2,1-3H3,(H,22,23). The monoisotopic (exact) mass is 380 g/mol. The van der Waals surface area contributed by atoms with E-state index >= 15 is 0 Å². The van der Waals surface area contributed by atoms with Crippen LogP contribution in [0.4, 0.5) is 0 Å². The van der Waals surface area contributed by atoms with Crippen molar-refractivity contribution in [3.05, 3.63) is 65.7 Å². The topological polar surface area (TPSA) is 72.8 Å². The molecule has 3 heterocycles. The lowest BCUT2D eigenvalue weighted by Crippen LogP contribution is -2.05. The van der Waals surface area contributed by atoms with Gasteiger partial charge in [-0.2, -0.15) is 0 Å². The summed E-state index contributed by atoms with van der Waals surface area (Å²) in [6.07, 6.45) is 5.71. The van der Waals surface area contributed by atoms with E-state index in [0.717, 1.165) is 39.3 Å². The molecule has 4 aromatic rings. The molecule has 3 aromatic heterocycles. The van der Waals surface area contributed by atoms with Crippen molar-refractivity contribution >= 4 is 21.8 Å². The van der Waals surface area contributed by atoms with Crippen LogP contribution in [0.1, 0.15) is 16.8 Å². The molecule has 7 heteroatoms. The van der Waals surface area contributed by atoms with Gasteiger partial charge in [0.1, 0.15) is 5.75 Å². The van der Waals surface area contributed by atoms with Crippen molar-refractivity contribution in [2.75, 3.05) is 7.11 Å². The number of fused-ring (bicyclic) bond motifs is 1. The highest BCUT2D eigenvalue weighted by atomic mass is 32.2. The molecular weight excluding hydrogens is 360 g/mol.